The second kappa shape index (κ2) is 8.02. The third kappa shape index (κ3) is 4.46. The van der Waals surface area contributed by atoms with Crippen LogP contribution in [0.3, 0.4) is 0 Å². The van der Waals surface area contributed by atoms with Crippen LogP contribution >= 0.6 is 11.8 Å². The predicted molar refractivity (Wildman–Crippen MR) is 84.8 cm³/mol. The number of hydrogen-bond acceptors (Lipinski definition) is 4. The zero-order valence-corrected chi connectivity index (χ0v) is 12.7. The first-order valence-corrected chi connectivity index (χ1v) is 7.79. The molecule has 0 aliphatic heterocycles. The van der Waals surface area contributed by atoms with E-state index in [1.54, 1.807) is 23.9 Å². The molecule has 0 amide bonds. The van der Waals surface area contributed by atoms with Gasteiger partial charge in [0.25, 0.3) is 0 Å². The van der Waals surface area contributed by atoms with E-state index in [1.807, 2.05) is 31.2 Å². The minimum atomic E-state index is -0.227. The van der Waals surface area contributed by atoms with Gasteiger partial charge in [-0.25, -0.2) is 4.39 Å². The highest BCUT2D eigenvalue weighted by Gasteiger charge is 2.15. The Morgan fingerprint density at radius 2 is 1.90 bits per heavy atom. The summed E-state index contributed by atoms with van der Waals surface area (Å²) in [6.45, 7) is 2.56. The first-order chi connectivity index (χ1) is 10.2. The summed E-state index contributed by atoms with van der Waals surface area (Å²) in [5.74, 6) is 7.02. The average molecular weight is 306 g/mol. The molecule has 0 saturated heterocycles. The van der Waals surface area contributed by atoms with E-state index in [0.717, 1.165) is 22.0 Å². The van der Waals surface area contributed by atoms with Crippen LogP contribution in [0.2, 0.25) is 0 Å². The summed E-state index contributed by atoms with van der Waals surface area (Å²) in [5, 5.41) is 0. The third-order valence-corrected chi connectivity index (χ3v) is 4.13. The van der Waals surface area contributed by atoms with Crippen molar-refractivity contribution in [3.05, 3.63) is 59.9 Å². The van der Waals surface area contributed by atoms with Crippen LogP contribution in [-0.4, -0.2) is 12.4 Å². The zero-order chi connectivity index (χ0) is 15.1. The first kappa shape index (κ1) is 15.8. The SMILES string of the molecule is CCOc1ccccc1C(CSc1ccc(F)cc1)NN. The van der Waals surface area contributed by atoms with Gasteiger partial charge in [0, 0.05) is 16.2 Å². The van der Waals surface area contributed by atoms with Gasteiger partial charge in [-0.2, -0.15) is 0 Å². The molecular weight excluding hydrogens is 287 g/mol. The highest BCUT2D eigenvalue weighted by atomic mass is 32.2. The minimum absolute atomic E-state index is 0.0391. The molecule has 0 heterocycles. The molecule has 21 heavy (non-hydrogen) atoms. The third-order valence-electron chi connectivity index (χ3n) is 3.03. The quantitative estimate of drug-likeness (QED) is 0.467. The van der Waals surface area contributed by atoms with Crippen molar-refractivity contribution in [2.45, 2.75) is 17.9 Å². The van der Waals surface area contributed by atoms with Crippen LogP contribution in [0.4, 0.5) is 4.39 Å². The zero-order valence-electron chi connectivity index (χ0n) is 11.9. The van der Waals surface area contributed by atoms with Crippen LogP contribution in [-0.2, 0) is 0 Å². The summed E-state index contributed by atoms with van der Waals surface area (Å²) in [5.41, 5.74) is 3.85. The Hall–Kier alpha value is -1.56. The minimum Gasteiger partial charge on any atom is -0.494 e. The highest BCUT2D eigenvalue weighted by molar-refractivity contribution is 7.99. The Bertz CT molecular complexity index is 562. The fraction of sp³-hybridized carbons (Fsp3) is 0.250. The number of halogens is 1. The number of rotatable bonds is 7. The summed E-state index contributed by atoms with van der Waals surface area (Å²) < 4.78 is 18.5. The molecule has 0 aliphatic rings. The lowest BCUT2D eigenvalue weighted by atomic mass is 10.1. The van der Waals surface area contributed by atoms with Gasteiger partial charge in [-0.15, -0.1) is 11.8 Å². The fourth-order valence-corrected chi connectivity index (χ4v) is 2.96. The second-order valence-electron chi connectivity index (χ2n) is 4.46. The lowest BCUT2D eigenvalue weighted by Crippen LogP contribution is -2.30. The van der Waals surface area contributed by atoms with E-state index in [-0.39, 0.29) is 11.9 Å². The number of thioether (sulfide) groups is 1. The van der Waals surface area contributed by atoms with Crippen molar-refractivity contribution in [3.63, 3.8) is 0 Å². The largest absolute Gasteiger partial charge is 0.494 e. The van der Waals surface area contributed by atoms with Crippen LogP contribution in [0.1, 0.15) is 18.5 Å². The van der Waals surface area contributed by atoms with E-state index in [9.17, 15) is 4.39 Å². The molecular formula is C16H19FN2OS. The molecule has 0 aliphatic carbocycles. The van der Waals surface area contributed by atoms with Gasteiger partial charge in [0.05, 0.1) is 12.6 Å². The summed E-state index contributed by atoms with van der Waals surface area (Å²) >= 11 is 1.62. The summed E-state index contributed by atoms with van der Waals surface area (Å²) in [4.78, 5) is 1.01. The van der Waals surface area contributed by atoms with Crippen molar-refractivity contribution in [1.29, 1.82) is 0 Å². The maximum atomic E-state index is 12.9. The molecule has 3 N–H and O–H groups in total. The topological polar surface area (TPSA) is 47.3 Å². The molecule has 2 aromatic rings. The lowest BCUT2D eigenvalue weighted by molar-refractivity contribution is 0.333. The van der Waals surface area contributed by atoms with Crippen LogP contribution in [0, 0.1) is 5.82 Å². The van der Waals surface area contributed by atoms with Crippen molar-refractivity contribution < 1.29 is 9.13 Å². The Labute approximate surface area is 128 Å². The van der Waals surface area contributed by atoms with Gasteiger partial charge in [0.15, 0.2) is 0 Å². The first-order valence-electron chi connectivity index (χ1n) is 6.80. The van der Waals surface area contributed by atoms with Crippen LogP contribution in [0.5, 0.6) is 5.75 Å². The van der Waals surface area contributed by atoms with Crippen molar-refractivity contribution >= 4 is 11.8 Å². The molecule has 0 radical (unpaired) electrons. The van der Waals surface area contributed by atoms with E-state index < -0.39 is 0 Å². The Morgan fingerprint density at radius 3 is 2.57 bits per heavy atom. The monoisotopic (exact) mass is 306 g/mol. The molecule has 0 fully saturated rings. The molecule has 0 saturated carbocycles. The van der Waals surface area contributed by atoms with Gasteiger partial charge in [-0.3, -0.25) is 11.3 Å². The van der Waals surface area contributed by atoms with Crippen molar-refractivity contribution in [2.75, 3.05) is 12.4 Å². The van der Waals surface area contributed by atoms with Gasteiger partial charge in [0.2, 0.25) is 0 Å². The number of nitrogens with one attached hydrogen (secondary N) is 1. The smallest absolute Gasteiger partial charge is 0.124 e. The average Bonchev–Trinajstić information content (AvgIpc) is 2.51. The van der Waals surface area contributed by atoms with Crippen LogP contribution in [0.15, 0.2) is 53.4 Å². The fourth-order valence-electron chi connectivity index (χ4n) is 1.99. The van der Waals surface area contributed by atoms with Crippen LogP contribution < -0.4 is 16.0 Å². The lowest BCUT2D eigenvalue weighted by Gasteiger charge is -2.19. The van der Waals surface area contributed by atoms with Crippen molar-refractivity contribution in [1.82, 2.24) is 5.43 Å². The summed E-state index contributed by atoms with van der Waals surface area (Å²) in [7, 11) is 0. The molecule has 3 nitrogen and oxygen atoms in total. The Kier molecular flexibility index (Phi) is 6.04. The van der Waals surface area contributed by atoms with E-state index in [0.29, 0.717) is 6.61 Å². The Morgan fingerprint density at radius 1 is 1.19 bits per heavy atom. The van der Waals surface area contributed by atoms with E-state index in [2.05, 4.69) is 5.43 Å². The maximum Gasteiger partial charge on any atom is 0.124 e. The van der Waals surface area contributed by atoms with Gasteiger partial charge < -0.3 is 4.74 Å². The molecule has 2 aromatic carbocycles. The number of hydrogen-bond donors (Lipinski definition) is 2. The molecule has 112 valence electrons. The van der Waals surface area contributed by atoms with E-state index in [1.165, 1.54) is 12.1 Å². The number of benzene rings is 2. The van der Waals surface area contributed by atoms with E-state index >= 15 is 0 Å². The van der Waals surface area contributed by atoms with Crippen LogP contribution in [0.25, 0.3) is 0 Å². The van der Waals surface area contributed by atoms with Gasteiger partial charge >= 0.3 is 0 Å². The molecule has 0 aromatic heterocycles. The highest BCUT2D eigenvalue weighted by Crippen LogP contribution is 2.29. The number of ether oxygens (including phenoxy) is 1. The molecule has 0 spiro atoms. The molecule has 0 bridgehead atoms. The summed E-state index contributed by atoms with van der Waals surface area (Å²) in [6, 6.07) is 14.3. The molecule has 1 unspecified atom stereocenters. The molecule has 2 rings (SSSR count). The summed E-state index contributed by atoms with van der Waals surface area (Å²) in [6.07, 6.45) is 0. The van der Waals surface area contributed by atoms with E-state index in [4.69, 9.17) is 10.6 Å². The van der Waals surface area contributed by atoms with Crippen molar-refractivity contribution in [2.24, 2.45) is 5.84 Å². The molecule has 1 atom stereocenters. The normalized spacial score (nSPS) is 12.1. The maximum absolute atomic E-state index is 12.9. The predicted octanol–water partition coefficient (Wildman–Crippen LogP) is 3.52. The number of para-hydroxylation sites is 1. The van der Waals surface area contributed by atoms with Crippen molar-refractivity contribution in [3.8, 4) is 5.75 Å². The number of hydrazine groups is 1. The number of nitrogens with two attached hydrogens (primary N) is 1. The Balaban J connectivity index is 2.07. The molecule has 5 heteroatoms. The standard InChI is InChI=1S/C16H19FN2OS/c1-2-20-16-6-4-3-5-14(16)15(19-18)11-21-13-9-7-12(17)8-10-13/h3-10,15,19H,2,11,18H2,1H3. The van der Waals surface area contributed by atoms with Gasteiger partial charge in [-0.05, 0) is 37.3 Å². The second-order valence-corrected chi connectivity index (χ2v) is 5.55. The van der Waals surface area contributed by atoms with Gasteiger partial charge in [0.1, 0.15) is 11.6 Å². The van der Waals surface area contributed by atoms with Gasteiger partial charge in [-0.1, -0.05) is 18.2 Å².